The molecule has 0 bridgehead atoms. The maximum atomic E-state index is 12.1. The first-order chi connectivity index (χ1) is 18.5. The van der Waals surface area contributed by atoms with Crippen molar-refractivity contribution in [1.82, 2.24) is 5.32 Å². The number of hydrogen-bond donors (Lipinski definition) is 3. The Morgan fingerprint density at radius 2 is 1.36 bits per heavy atom. The van der Waals surface area contributed by atoms with Gasteiger partial charge in [-0.05, 0) is 88.0 Å². The molecule has 2 unspecified atom stereocenters. The van der Waals surface area contributed by atoms with Crippen LogP contribution in [0.15, 0.2) is 0 Å². The molecular formula is C29H56N2O8. The number of alkyl carbamates (subject to hydrolysis) is 1. The number of esters is 2. The van der Waals surface area contributed by atoms with Crippen LogP contribution in [0.3, 0.4) is 0 Å². The van der Waals surface area contributed by atoms with Gasteiger partial charge >= 0.3 is 18.0 Å². The normalized spacial score (nSPS) is 25.5. The Hall–Kier alpha value is -1.91. The maximum Gasteiger partial charge on any atom is 0.407 e. The van der Waals surface area contributed by atoms with Crippen molar-refractivity contribution in [3.63, 3.8) is 0 Å². The number of hydrogen-bond acceptors (Lipinski definition) is 9. The van der Waals surface area contributed by atoms with E-state index in [1.807, 2.05) is 0 Å². The molecule has 0 saturated heterocycles. The van der Waals surface area contributed by atoms with Crippen molar-refractivity contribution in [2.75, 3.05) is 19.8 Å². The smallest absolute Gasteiger partial charge is 0.407 e. The van der Waals surface area contributed by atoms with Gasteiger partial charge in [-0.2, -0.15) is 0 Å². The van der Waals surface area contributed by atoms with Crippen LogP contribution in [-0.2, 0) is 28.7 Å². The van der Waals surface area contributed by atoms with Gasteiger partial charge in [0.15, 0.2) is 0 Å². The highest BCUT2D eigenvalue weighted by atomic mass is 17.1. The van der Waals surface area contributed by atoms with E-state index in [4.69, 9.17) is 25.2 Å². The zero-order chi connectivity index (χ0) is 28.7. The van der Waals surface area contributed by atoms with Gasteiger partial charge in [-0.25, -0.2) is 9.68 Å². The van der Waals surface area contributed by atoms with Crippen LogP contribution in [0.4, 0.5) is 4.79 Å². The number of carbonyl (C=O) groups is 3. The highest BCUT2D eigenvalue weighted by molar-refractivity contribution is 5.71. The van der Waals surface area contributed by atoms with Gasteiger partial charge in [-0.15, -0.1) is 0 Å². The summed E-state index contributed by atoms with van der Waals surface area (Å²) >= 11 is 0. The number of carbonyl (C=O) groups excluding carboxylic acids is 3. The van der Waals surface area contributed by atoms with Gasteiger partial charge in [-0.3, -0.25) is 14.8 Å². The molecule has 3 rings (SSSR count). The SMILES string of the molecule is CC1(C)CC(NC(=O)OCCC(=O)OC2CCCCC2)CC(C)(CN)C1.O=C(CCOO)OC1CCCCC1.[HH].[HH]. The van der Waals surface area contributed by atoms with E-state index < -0.39 is 6.09 Å². The summed E-state index contributed by atoms with van der Waals surface area (Å²) in [6.45, 7) is 7.28. The lowest BCUT2D eigenvalue weighted by Gasteiger charge is -2.46. The van der Waals surface area contributed by atoms with Crippen molar-refractivity contribution in [1.29, 1.82) is 0 Å². The van der Waals surface area contributed by atoms with Crippen LogP contribution >= 0.6 is 0 Å². The summed E-state index contributed by atoms with van der Waals surface area (Å²) in [5, 5.41) is 11.0. The van der Waals surface area contributed by atoms with Crippen molar-refractivity contribution in [2.45, 2.75) is 135 Å². The molecule has 0 heterocycles. The topological polar surface area (TPSA) is 146 Å². The fraction of sp³-hybridized carbons (Fsp3) is 0.897. The number of rotatable bonds is 10. The second kappa shape index (κ2) is 17.0. The van der Waals surface area contributed by atoms with Crippen LogP contribution in [0.2, 0.25) is 0 Å². The van der Waals surface area contributed by atoms with Crippen LogP contribution in [-0.4, -0.2) is 61.3 Å². The molecule has 230 valence electrons. The molecule has 1 amide bonds. The van der Waals surface area contributed by atoms with Crippen LogP contribution in [0.5, 0.6) is 0 Å². The Balaban J connectivity index is 0.000000906. The highest BCUT2D eigenvalue weighted by Crippen LogP contribution is 2.45. The van der Waals surface area contributed by atoms with Crippen molar-refractivity contribution in [3.8, 4) is 0 Å². The third-order valence-electron chi connectivity index (χ3n) is 7.90. The van der Waals surface area contributed by atoms with E-state index >= 15 is 0 Å². The molecule has 4 N–H and O–H groups in total. The predicted molar refractivity (Wildman–Crippen MR) is 151 cm³/mol. The minimum absolute atomic E-state index is 0. The first-order valence-electron chi connectivity index (χ1n) is 14.8. The zero-order valence-corrected chi connectivity index (χ0v) is 24.3. The molecule has 10 heteroatoms. The van der Waals surface area contributed by atoms with Crippen molar-refractivity contribution in [2.24, 2.45) is 16.6 Å². The minimum Gasteiger partial charge on any atom is -0.462 e. The fourth-order valence-corrected chi connectivity index (χ4v) is 6.31. The zero-order valence-electron chi connectivity index (χ0n) is 24.3. The van der Waals surface area contributed by atoms with Gasteiger partial charge in [0.05, 0.1) is 19.4 Å². The van der Waals surface area contributed by atoms with E-state index in [2.05, 4.69) is 31.0 Å². The molecule has 3 aliphatic rings. The monoisotopic (exact) mass is 560 g/mol. The molecule has 10 nitrogen and oxygen atoms in total. The van der Waals surface area contributed by atoms with E-state index in [0.717, 1.165) is 70.6 Å². The first-order valence-corrected chi connectivity index (χ1v) is 14.8. The van der Waals surface area contributed by atoms with Gasteiger partial charge in [0, 0.05) is 8.90 Å². The summed E-state index contributed by atoms with van der Waals surface area (Å²) < 4.78 is 15.8. The second-order valence-corrected chi connectivity index (χ2v) is 12.6. The molecule has 39 heavy (non-hydrogen) atoms. The first kappa shape index (κ1) is 33.3. The summed E-state index contributed by atoms with van der Waals surface area (Å²) in [7, 11) is 0. The average Bonchev–Trinajstić information content (AvgIpc) is 2.88. The van der Waals surface area contributed by atoms with E-state index in [-0.39, 0.29) is 69.9 Å². The molecular weight excluding hydrogens is 504 g/mol. The molecule has 0 aromatic rings. The average molecular weight is 561 g/mol. The molecule has 3 saturated carbocycles. The maximum absolute atomic E-state index is 12.1. The Kier molecular flexibility index (Phi) is 14.5. The summed E-state index contributed by atoms with van der Waals surface area (Å²) in [4.78, 5) is 38.8. The number of nitrogens with two attached hydrogens (primary N) is 1. The van der Waals surface area contributed by atoms with Crippen LogP contribution < -0.4 is 11.1 Å². The van der Waals surface area contributed by atoms with Crippen molar-refractivity contribution in [3.05, 3.63) is 0 Å². The second-order valence-electron chi connectivity index (χ2n) is 12.6. The lowest BCUT2D eigenvalue weighted by atomic mass is 9.63. The molecule has 2 atom stereocenters. The summed E-state index contributed by atoms with van der Waals surface area (Å²) in [5.74, 6) is -0.555. The Bertz CT molecular complexity index is 761. The van der Waals surface area contributed by atoms with Crippen molar-refractivity contribution < 1.29 is 41.6 Å². The molecule has 3 fully saturated rings. The van der Waals surface area contributed by atoms with E-state index in [1.165, 1.54) is 12.8 Å². The third-order valence-corrected chi connectivity index (χ3v) is 7.90. The Morgan fingerprint density at radius 3 is 1.85 bits per heavy atom. The Labute approximate surface area is 236 Å². The van der Waals surface area contributed by atoms with Gasteiger partial charge in [0.25, 0.3) is 0 Å². The number of ether oxygens (including phenoxy) is 3. The van der Waals surface area contributed by atoms with Gasteiger partial charge in [-0.1, -0.05) is 33.6 Å². The summed E-state index contributed by atoms with van der Waals surface area (Å²) in [5.41, 5.74) is 6.11. The molecule has 0 radical (unpaired) electrons. The largest absolute Gasteiger partial charge is 0.462 e. The third kappa shape index (κ3) is 13.8. The van der Waals surface area contributed by atoms with E-state index in [0.29, 0.717) is 6.54 Å². The van der Waals surface area contributed by atoms with Crippen LogP contribution in [0.1, 0.15) is 120 Å². The molecule has 0 aromatic carbocycles. The molecule has 0 aliphatic heterocycles. The van der Waals surface area contributed by atoms with Crippen LogP contribution in [0.25, 0.3) is 0 Å². The summed E-state index contributed by atoms with van der Waals surface area (Å²) in [6.07, 6.45) is 13.6. The lowest BCUT2D eigenvalue weighted by Crippen LogP contribution is -2.49. The molecule has 0 aromatic heterocycles. The fourth-order valence-electron chi connectivity index (χ4n) is 6.31. The minimum atomic E-state index is -0.461. The standard InChI is InChI=1S/C20H36N2O4.C9H16O4.2H2/c1-19(2)11-15(12-20(3,13-19)14-21)22-18(24)25-10-9-17(23)26-16-7-5-4-6-8-16;10-9(6-7-12-11)13-8-4-2-1-3-5-8;;/h15-16H,4-14,21H2,1-3H3,(H,22,24);8,11H,1-7H2;2*1H. The van der Waals surface area contributed by atoms with Crippen LogP contribution in [0, 0.1) is 10.8 Å². The van der Waals surface area contributed by atoms with Gasteiger partial charge in [0.1, 0.15) is 18.8 Å². The highest BCUT2D eigenvalue weighted by Gasteiger charge is 2.41. The van der Waals surface area contributed by atoms with Gasteiger partial charge < -0.3 is 25.3 Å². The number of amides is 1. The van der Waals surface area contributed by atoms with E-state index in [1.54, 1.807) is 0 Å². The molecule has 3 aliphatic carbocycles. The van der Waals surface area contributed by atoms with Gasteiger partial charge in [0.2, 0.25) is 0 Å². The lowest BCUT2D eigenvalue weighted by molar-refractivity contribution is -0.243. The number of nitrogens with one attached hydrogen (secondary N) is 1. The molecule has 0 spiro atoms. The van der Waals surface area contributed by atoms with Crippen molar-refractivity contribution >= 4 is 18.0 Å². The summed E-state index contributed by atoms with van der Waals surface area (Å²) in [6, 6.07) is 0.0500. The Morgan fingerprint density at radius 1 is 0.846 bits per heavy atom. The quantitative estimate of drug-likeness (QED) is 0.131. The van der Waals surface area contributed by atoms with E-state index in [9.17, 15) is 14.4 Å². The predicted octanol–water partition coefficient (Wildman–Crippen LogP) is 5.76.